The maximum absolute atomic E-state index is 11.3. The molecule has 1 aromatic carbocycles. The van der Waals surface area contributed by atoms with Crippen molar-refractivity contribution in [1.82, 2.24) is 5.32 Å². The lowest BCUT2D eigenvalue weighted by Gasteiger charge is -2.05. The summed E-state index contributed by atoms with van der Waals surface area (Å²) in [6.07, 6.45) is 4.43. The Hall–Kier alpha value is -2.56. The fourth-order valence-electron chi connectivity index (χ4n) is 1.40. The van der Waals surface area contributed by atoms with E-state index in [0.29, 0.717) is 12.1 Å². The van der Waals surface area contributed by atoms with Gasteiger partial charge in [-0.05, 0) is 23.8 Å². The van der Waals surface area contributed by atoms with Crippen LogP contribution >= 0.6 is 0 Å². The number of hydrogen-bond acceptors (Lipinski definition) is 3. The van der Waals surface area contributed by atoms with Gasteiger partial charge in [0, 0.05) is 12.6 Å². The summed E-state index contributed by atoms with van der Waals surface area (Å²) in [7, 11) is 1.40. The second kappa shape index (κ2) is 7.00. The minimum Gasteiger partial charge on any atom is -0.496 e. The van der Waals surface area contributed by atoms with Crippen LogP contribution in [-0.4, -0.2) is 30.6 Å². The van der Waals surface area contributed by atoms with Crippen LogP contribution in [0.4, 0.5) is 0 Å². The average Bonchev–Trinajstić information content (AvgIpc) is 2.42. The molecule has 100 valence electrons. The molecule has 0 fully saturated rings. The van der Waals surface area contributed by atoms with E-state index in [9.17, 15) is 9.59 Å². The van der Waals surface area contributed by atoms with Crippen molar-refractivity contribution in [3.63, 3.8) is 0 Å². The maximum atomic E-state index is 11.3. The molecule has 5 nitrogen and oxygen atoms in total. The number of hydrogen-bond donors (Lipinski definition) is 2. The first-order valence-corrected chi connectivity index (χ1v) is 5.56. The Morgan fingerprint density at radius 1 is 1.47 bits per heavy atom. The average molecular weight is 261 g/mol. The molecule has 0 spiro atoms. The lowest BCUT2D eigenvalue weighted by molar-refractivity contribution is -0.116. The fraction of sp³-hybridized carbons (Fsp3) is 0.143. The lowest BCUT2D eigenvalue weighted by Crippen LogP contribution is -2.20. The van der Waals surface area contributed by atoms with Gasteiger partial charge in [-0.15, -0.1) is 6.58 Å². The van der Waals surface area contributed by atoms with Gasteiger partial charge in [0.15, 0.2) is 0 Å². The van der Waals surface area contributed by atoms with Crippen molar-refractivity contribution in [3.05, 3.63) is 48.1 Å². The van der Waals surface area contributed by atoms with Gasteiger partial charge in [-0.25, -0.2) is 4.79 Å². The number of aromatic carboxylic acids is 1. The van der Waals surface area contributed by atoms with Crippen LogP contribution in [0.5, 0.6) is 5.75 Å². The highest BCUT2D eigenvalue weighted by atomic mass is 16.5. The Morgan fingerprint density at radius 3 is 2.79 bits per heavy atom. The number of carboxylic acids is 1. The molecule has 0 aliphatic carbocycles. The highest BCUT2D eigenvalue weighted by Crippen LogP contribution is 2.20. The molecular formula is C14H15NO4. The SMILES string of the molecule is C=CCNC(=O)/C=C/c1ccc(OC)c(C(=O)O)c1. The molecule has 0 saturated heterocycles. The summed E-state index contributed by atoms with van der Waals surface area (Å²) < 4.78 is 4.95. The predicted molar refractivity (Wildman–Crippen MR) is 72.2 cm³/mol. The molecule has 5 heteroatoms. The summed E-state index contributed by atoms with van der Waals surface area (Å²) in [5.74, 6) is -1.07. The van der Waals surface area contributed by atoms with E-state index in [-0.39, 0.29) is 17.2 Å². The molecule has 0 bridgehead atoms. The van der Waals surface area contributed by atoms with Gasteiger partial charge in [-0.1, -0.05) is 12.1 Å². The first kappa shape index (κ1) is 14.5. The van der Waals surface area contributed by atoms with E-state index < -0.39 is 5.97 Å². The molecule has 1 rings (SSSR count). The number of benzene rings is 1. The largest absolute Gasteiger partial charge is 0.496 e. The van der Waals surface area contributed by atoms with E-state index in [0.717, 1.165) is 0 Å². The van der Waals surface area contributed by atoms with E-state index in [4.69, 9.17) is 9.84 Å². The minimum atomic E-state index is -1.08. The highest BCUT2D eigenvalue weighted by molar-refractivity contribution is 5.94. The second-order valence-corrected chi connectivity index (χ2v) is 3.63. The summed E-state index contributed by atoms with van der Waals surface area (Å²) in [6.45, 7) is 3.86. The van der Waals surface area contributed by atoms with Gasteiger partial charge in [0.1, 0.15) is 11.3 Å². The van der Waals surface area contributed by atoms with Crippen molar-refractivity contribution in [2.45, 2.75) is 0 Å². The van der Waals surface area contributed by atoms with Crippen molar-refractivity contribution >= 4 is 18.0 Å². The number of ether oxygens (including phenoxy) is 1. The van der Waals surface area contributed by atoms with Gasteiger partial charge >= 0.3 is 5.97 Å². The van der Waals surface area contributed by atoms with Crippen molar-refractivity contribution in [2.75, 3.05) is 13.7 Å². The molecule has 0 unspecified atom stereocenters. The first-order chi connectivity index (χ1) is 9.08. The number of carbonyl (C=O) groups excluding carboxylic acids is 1. The monoisotopic (exact) mass is 261 g/mol. The van der Waals surface area contributed by atoms with Crippen LogP contribution in [0.2, 0.25) is 0 Å². The Bertz CT molecular complexity index is 520. The Balaban J connectivity index is 2.87. The van der Waals surface area contributed by atoms with Gasteiger partial charge in [-0.2, -0.15) is 0 Å². The highest BCUT2D eigenvalue weighted by Gasteiger charge is 2.10. The third-order valence-corrected chi connectivity index (χ3v) is 2.30. The number of carboxylic acid groups (broad SMARTS) is 1. The van der Waals surface area contributed by atoms with E-state index in [2.05, 4.69) is 11.9 Å². The van der Waals surface area contributed by atoms with Crippen molar-refractivity contribution in [2.24, 2.45) is 0 Å². The van der Waals surface area contributed by atoms with Crippen LogP contribution in [0.3, 0.4) is 0 Å². The zero-order valence-corrected chi connectivity index (χ0v) is 10.6. The maximum Gasteiger partial charge on any atom is 0.339 e. The Labute approximate surface area is 111 Å². The van der Waals surface area contributed by atoms with Crippen LogP contribution in [0.15, 0.2) is 36.9 Å². The van der Waals surface area contributed by atoms with Crippen LogP contribution in [0.25, 0.3) is 6.08 Å². The quantitative estimate of drug-likeness (QED) is 0.603. The van der Waals surface area contributed by atoms with E-state index in [1.54, 1.807) is 18.2 Å². The summed E-state index contributed by atoms with van der Waals surface area (Å²) in [5.41, 5.74) is 0.656. The Kier molecular flexibility index (Phi) is 5.35. The topological polar surface area (TPSA) is 75.6 Å². The molecule has 0 saturated carbocycles. The second-order valence-electron chi connectivity index (χ2n) is 3.63. The number of methoxy groups -OCH3 is 1. The molecule has 0 aliphatic heterocycles. The molecule has 0 radical (unpaired) electrons. The van der Waals surface area contributed by atoms with Gasteiger partial charge < -0.3 is 15.2 Å². The van der Waals surface area contributed by atoms with Crippen molar-refractivity contribution < 1.29 is 19.4 Å². The van der Waals surface area contributed by atoms with E-state index >= 15 is 0 Å². The van der Waals surface area contributed by atoms with Crippen LogP contribution in [0, 0.1) is 0 Å². The van der Waals surface area contributed by atoms with E-state index in [1.807, 2.05) is 0 Å². The normalized spacial score (nSPS) is 10.2. The smallest absolute Gasteiger partial charge is 0.339 e. The summed E-state index contributed by atoms with van der Waals surface area (Å²) in [5, 5.41) is 11.6. The number of carbonyl (C=O) groups is 2. The van der Waals surface area contributed by atoms with Crippen LogP contribution in [0.1, 0.15) is 15.9 Å². The standard InChI is InChI=1S/C14H15NO4/c1-3-8-15-13(16)7-5-10-4-6-12(19-2)11(9-10)14(17)18/h3-7,9H,1,8H2,2H3,(H,15,16)(H,17,18)/b7-5+. The molecule has 19 heavy (non-hydrogen) atoms. The molecule has 2 N–H and O–H groups in total. The summed E-state index contributed by atoms with van der Waals surface area (Å²) >= 11 is 0. The zero-order valence-electron chi connectivity index (χ0n) is 10.6. The van der Waals surface area contributed by atoms with Gasteiger partial charge in [-0.3, -0.25) is 4.79 Å². The van der Waals surface area contributed by atoms with Gasteiger partial charge in [0.2, 0.25) is 5.91 Å². The minimum absolute atomic E-state index is 0.0520. The molecule has 1 amide bonds. The summed E-state index contributed by atoms with van der Waals surface area (Å²) in [6, 6.07) is 4.66. The molecule has 0 heterocycles. The lowest BCUT2D eigenvalue weighted by atomic mass is 10.1. The molecule has 0 atom stereocenters. The zero-order chi connectivity index (χ0) is 14.3. The number of amides is 1. The van der Waals surface area contributed by atoms with Gasteiger partial charge in [0.05, 0.1) is 7.11 Å². The number of nitrogens with one attached hydrogen (secondary N) is 1. The first-order valence-electron chi connectivity index (χ1n) is 5.56. The van der Waals surface area contributed by atoms with Crippen molar-refractivity contribution in [1.29, 1.82) is 0 Å². The molecule has 0 aliphatic rings. The fourth-order valence-corrected chi connectivity index (χ4v) is 1.40. The predicted octanol–water partition coefficient (Wildman–Crippen LogP) is 1.71. The third-order valence-electron chi connectivity index (χ3n) is 2.30. The van der Waals surface area contributed by atoms with Gasteiger partial charge in [0.25, 0.3) is 0 Å². The molecular weight excluding hydrogens is 246 g/mol. The Morgan fingerprint density at radius 2 is 2.21 bits per heavy atom. The summed E-state index contributed by atoms with van der Waals surface area (Å²) in [4.78, 5) is 22.3. The number of rotatable bonds is 6. The van der Waals surface area contributed by atoms with Crippen molar-refractivity contribution in [3.8, 4) is 5.75 Å². The van der Waals surface area contributed by atoms with Crippen LogP contribution < -0.4 is 10.1 Å². The molecule has 1 aromatic rings. The molecule has 0 aromatic heterocycles. The third kappa shape index (κ3) is 4.31. The van der Waals surface area contributed by atoms with Crippen LogP contribution in [-0.2, 0) is 4.79 Å². The van der Waals surface area contributed by atoms with E-state index in [1.165, 1.54) is 25.3 Å².